The molecule has 1 aliphatic rings. The van der Waals surface area contributed by atoms with Crippen LogP contribution in [0.4, 0.5) is 0 Å². The van der Waals surface area contributed by atoms with Crippen LogP contribution in [0, 0.1) is 0 Å². The SMILES string of the molecule is CC=CO[SiH]1C=CC=C1. The first-order chi connectivity index (χ1) is 4.43. The van der Waals surface area contributed by atoms with Crippen LogP contribution in [0.5, 0.6) is 0 Å². The van der Waals surface area contributed by atoms with Crippen molar-refractivity contribution in [2.24, 2.45) is 0 Å². The van der Waals surface area contributed by atoms with Crippen LogP contribution in [-0.4, -0.2) is 9.04 Å². The van der Waals surface area contributed by atoms with Crippen LogP contribution in [0.3, 0.4) is 0 Å². The third-order valence-corrected chi connectivity index (χ3v) is 2.76. The standard InChI is InChI=1S/C7H10OSi/c1-2-5-8-9-6-3-4-7-9/h2-7,9H,1H3. The molecule has 0 radical (unpaired) electrons. The van der Waals surface area contributed by atoms with E-state index in [1.54, 1.807) is 6.26 Å². The summed E-state index contributed by atoms with van der Waals surface area (Å²) < 4.78 is 5.34. The molecule has 0 fully saturated rings. The molecule has 0 aromatic carbocycles. The van der Waals surface area contributed by atoms with Crippen molar-refractivity contribution in [1.29, 1.82) is 0 Å². The minimum Gasteiger partial charge on any atom is -0.545 e. The van der Waals surface area contributed by atoms with Crippen molar-refractivity contribution >= 4 is 9.04 Å². The average Bonchev–Trinajstić information content (AvgIpc) is 2.34. The lowest BCUT2D eigenvalue weighted by Gasteiger charge is -2.00. The average molecular weight is 138 g/mol. The van der Waals surface area contributed by atoms with E-state index in [1.807, 2.05) is 25.2 Å². The second-order valence-corrected chi connectivity index (χ2v) is 3.81. The molecule has 9 heavy (non-hydrogen) atoms. The van der Waals surface area contributed by atoms with Crippen molar-refractivity contribution < 1.29 is 4.43 Å². The van der Waals surface area contributed by atoms with E-state index in [1.165, 1.54) is 0 Å². The van der Waals surface area contributed by atoms with Gasteiger partial charge in [-0.15, -0.1) is 0 Å². The zero-order valence-corrected chi connectivity index (χ0v) is 6.60. The number of rotatable bonds is 2. The molecule has 0 saturated carbocycles. The Kier molecular flexibility index (Phi) is 2.33. The summed E-state index contributed by atoms with van der Waals surface area (Å²) in [6.45, 7) is 1.96. The van der Waals surface area contributed by atoms with E-state index in [4.69, 9.17) is 4.43 Å². The topological polar surface area (TPSA) is 9.23 Å². The van der Waals surface area contributed by atoms with Gasteiger partial charge >= 0.3 is 0 Å². The maximum Gasteiger partial charge on any atom is 0.284 e. The minimum absolute atomic E-state index is 1.05. The van der Waals surface area contributed by atoms with Crippen LogP contribution >= 0.6 is 0 Å². The van der Waals surface area contributed by atoms with Crippen molar-refractivity contribution in [1.82, 2.24) is 0 Å². The molecule has 0 bridgehead atoms. The van der Waals surface area contributed by atoms with Crippen LogP contribution in [0.1, 0.15) is 6.92 Å². The Labute approximate surface area is 57.1 Å². The highest BCUT2D eigenvalue weighted by atomic mass is 28.3. The van der Waals surface area contributed by atoms with E-state index in [2.05, 4.69) is 11.4 Å². The molecule has 0 atom stereocenters. The lowest BCUT2D eigenvalue weighted by molar-refractivity contribution is 0.509. The minimum atomic E-state index is -1.05. The molecule has 48 valence electrons. The van der Waals surface area contributed by atoms with E-state index >= 15 is 0 Å². The lowest BCUT2D eigenvalue weighted by atomic mass is 10.6. The Bertz CT molecular complexity index is 146. The quantitative estimate of drug-likeness (QED) is 0.414. The fraction of sp³-hybridized carbons (Fsp3) is 0.143. The number of allylic oxidation sites excluding steroid dienone is 3. The molecule has 0 aromatic rings. The van der Waals surface area contributed by atoms with Crippen LogP contribution in [0.2, 0.25) is 0 Å². The first kappa shape index (κ1) is 6.36. The first-order valence-corrected chi connectivity index (χ1v) is 4.85. The predicted octanol–water partition coefficient (Wildman–Crippen LogP) is 1.46. The highest BCUT2D eigenvalue weighted by Crippen LogP contribution is 1.99. The largest absolute Gasteiger partial charge is 0.545 e. The van der Waals surface area contributed by atoms with Crippen molar-refractivity contribution in [2.75, 3.05) is 0 Å². The Hall–Kier alpha value is -0.763. The number of hydrogen-bond acceptors (Lipinski definition) is 1. The molecule has 1 rings (SSSR count). The van der Waals surface area contributed by atoms with Gasteiger partial charge in [0.25, 0.3) is 9.04 Å². The fourth-order valence-electron chi connectivity index (χ4n) is 0.671. The predicted molar refractivity (Wildman–Crippen MR) is 41.3 cm³/mol. The summed E-state index contributed by atoms with van der Waals surface area (Å²) in [4.78, 5) is 0. The first-order valence-electron chi connectivity index (χ1n) is 3.05. The van der Waals surface area contributed by atoms with Crippen LogP contribution < -0.4 is 0 Å². The molecule has 1 heterocycles. The second kappa shape index (κ2) is 3.30. The van der Waals surface area contributed by atoms with Crippen LogP contribution in [0.15, 0.2) is 35.9 Å². The second-order valence-electron chi connectivity index (χ2n) is 1.84. The fourth-order valence-corrected chi connectivity index (χ4v) is 2.01. The van der Waals surface area contributed by atoms with Gasteiger partial charge in [0.15, 0.2) is 0 Å². The summed E-state index contributed by atoms with van der Waals surface area (Å²) >= 11 is 0. The molecule has 0 unspecified atom stereocenters. The molecule has 0 saturated heterocycles. The highest BCUT2D eigenvalue weighted by Gasteiger charge is 2.03. The molecule has 0 N–H and O–H groups in total. The van der Waals surface area contributed by atoms with E-state index in [0.29, 0.717) is 0 Å². The van der Waals surface area contributed by atoms with Gasteiger partial charge in [-0.25, -0.2) is 0 Å². The molecule has 1 nitrogen and oxygen atoms in total. The van der Waals surface area contributed by atoms with Gasteiger partial charge in [0, 0.05) is 0 Å². The summed E-state index contributed by atoms with van der Waals surface area (Å²) in [6, 6.07) is 0. The smallest absolute Gasteiger partial charge is 0.284 e. The summed E-state index contributed by atoms with van der Waals surface area (Å²) in [5, 5.41) is 0. The van der Waals surface area contributed by atoms with E-state index in [9.17, 15) is 0 Å². The van der Waals surface area contributed by atoms with E-state index < -0.39 is 9.04 Å². The molecular weight excluding hydrogens is 128 g/mol. The molecular formula is C7H10OSi. The van der Waals surface area contributed by atoms with Crippen molar-refractivity contribution in [2.45, 2.75) is 6.92 Å². The summed E-state index contributed by atoms with van der Waals surface area (Å²) in [7, 11) is -1.05. The van der Waals surface area contributed by atoms with Crippen LogP contribution in [-0.2, 0) is 4.43 Å². The molecule has 2 heteroatoms. The molecule has 0 spiro atoms. The summed E-state index contributed by atoms with van der Waals surface area (Å²) in [5.74, 6) is 0. The van der Waals surface area contributed by atoms with Gasteiger partial charge in [-0.3, -0.25) is 0 Å². The number of hydrogen-bond donors (Lipinski definition) is 0. The zero-order chi connectivity index (χ0) is 6.53. The van der Waals surface area contributed by atoms with Gasteiger partial charge in [0.2, 0.25) is 0 Å². The third kappa shape index (κ3) is 1.89. The van der Waals surface area contributed by atoms with E-state index in [-0.39, 0.29) is 0 Å². The third-order valence-electron chi connectivity index (χ3n) is 1.08. The van der Waals surface area contributed by atoms with Gasteiger partial charge in [-0.05, 0) is 6.92 Å². The van der Waals surface area contributed by atoms with Gasteiger partial charge < -0.3 is 4.43 Å². The Morgan fingerprint density at radius 3 is 2.56 bits per heavy atom. The Morgan fingerprint density at radius 2 is 2.00 bits per heavy atom. The zero-order valence-electron chi connectivity index (χ0n) is 5.45. The Balaban J connectivity index is 2.29. The van der Waals surface area contributed by atoms with E-state index in [0.717, 1.165) is 0 Å². The maximum atomic E-state index is 5.34. The van der Waals surface area contributed by atoms with Crippen LogP contribution in [0.25, 0.3) is 0 Å². The van der Waals surface area contributed by atoms with Gasteiger partial charge in [-0.1, -0.05) is 29.6 Å². The van der Waals surface area contributed by atoms with Gasteiger partial charge in [0.05, 0.1) is 6.26 Å². The Morgan fingerprint density at radius 1 is 1.33 bits per heavy atom. The van der Waals surface area contributed by atoms with Crippen molar-refractivity contribution in [3.05, 3.63) is 35.9 Å². The molecule has 1 aliphatic heterocycles. The van der Waals surface area contributed by atoms with Gasteiger partial charge in [0.1, 0.15) is 0 Å². The molecule has 0 amide bonds. The normalized spacial score (nSPS) is 17.9. The maximum absolute atomic E-state index is 5.34. The van der Waals surface area contributed by atoms with Crippen molar-refractivity contribution in [3.63, 3.8) is 0 Å². The molecule has 0 aromatic heterocycles. The molecule has 0 aliphatic carbocycles. The summed E-state index contributed by atoms with van der Waals surface area (Å²) in [5.41, 5.74) is 4.28. The monoisotopic (exact) mass is 138 g/mol. The van der Waals surface area contributed by atoms with Gasteiger partial charge in [-0.2, -0.15) is 0 Å². The summed E-state index contributed by atoms with van der Waals surface area (Å²) in [6.07, 6.45) is 7.75. The van der Waals surface area contributed by atoms with Crippen molar-refractivity contribution in [3.8, 4) is 0 Å². The highest BCUT2D eigenvalue weighted by molar-refractivity contribution is 6.64. The lowest BCUT2D eigenvalue weighted by Crippen LogP contribution is -2.05.